The maximum Gasteiger partial charge on any atom is 1.00 e. The van der Waals surface area contributed by atoms with E-state index in [1.54, 1.807) is 0 Å². The van der Waals surface area contributed by atoms with Crippen molar-refractivity contribution in [3.63, 3.8) is 0 Å². The van der Waals surface area contributed by atoms with E-state index in [0.717, 1.165) is 6.42 Å². The second kappa shape index (κ2) is 26.8. The van der Waals surface area contributed by atoms with Gasteiger partial charge in [-0.3, -0.25) is 0 Å². The topological polar surface area (TPSA) is 0 Å². The molecule has 0 nitrogen and oxygen atoms in total. The zero-order chi connectivity index (χ0) is 17.6. The minimum Gasteiger partial charge on any atom is -0.343 e. The Morgan fingerprint density at radius 1 is 0.360 bits per heavy atom. The molecule has 0 fully saturated rings. The van der Waals surface area contributed by atoms with Crippen molar-refractivity contribution in [1.82, 2.24) is 0 Å². The quantitative estimate of drug-likeness (QED) is 0.0950. The van der Waals surface area contributed by atoms with Crippen molar-refractivity contribution in [2.45, 2.75) is 148 Å². The Morgan fingerprint density at radius 3 is 0.760 bits per heavy atom. The molecule has 0 aromatic heterocycles. The van der Waals surface area contributed by atoms with Crippen molar-refractivity contribution < 1.29 is 19.5 Å². The van der Waals surface area contributed by atoms with Crippen LogP contribution >= 0.6 is 0 Å². The SMILES string of the molecule is [CH2-]CCCCCCCCCCCCCCCCCCCCCCC.[Ru+]. The summed E-state index contributed by atoms with van der Waals surface area (Å²) in [5, 5.41) is 0. The molecule has 0 bridgehead atoms. The molecule has 153 valence electrons. The van der Waals surface area contributed by atoms with Crippen LogP contribution in [0.25, 0.3) is 0 Å². The third-order valence-corrected chi connectivity index (χ3v) is 5.35. The zero-order valence-corrected chi connectivity index (χ0v) is 19.4. The smallest absolute Gasteiger partial charge is 0.343 e. The van der Waals surface area contributed by atoms with Crippen LogP contribution in [0.15, 0.2) is 0 Å². The van der Waals surface area contributed by atoms with Gasteiger partial charge in [-0.05, 0) is 0 Å². The van der Waals surface area contributed by atoms with Crippen LogP contribution < -0.4 is 0 Å². The Morgan fingerprint density at radius 2 is 0.560 bits per heavy atom. The summed E-state index contributed by atoms with van der Waals surface area (Å²) in [6.07, 6.45) is 31.8. The molecular formula is C24H49Ru. The maximum atomic E-state index is 3.91. The van der Waals surface area contributed by atoms with Crippen molar-refractivity contribution >= 4 is 0 Å². The summed E-state index contributed by atoms with van der Waals surface area (Å²) in [6.45, 7) is 6.20. The van der Waals surface area contributed by atoms with Crippen molar-refractivity contribution in [2.75, 3.05) is 0 Å². The first-order chi connectivity index (χ1) is 11.9. The van der Waals surface area contributed by atoms with Crippen molar-refractivity contribution in [3.05, 3.63) is 6.92 Å². The van der Waals surface area contributed by atoms with Gasteiger partial charge in [-0.25, -0.2) is 0 Å². The molecule has 0 aliphatic heterocycles. The van der Waals surface area contributed by atoms with Crippen LogP contribution in [0.5, 0.6) is 0 Å². The first kappa shape index (κ1) is 27.8. The average Bonchev–Trinajstić information content (AvgIpc) is 2.60. The summed E-state index contributed by atoms with van der Waals surface area (Å²) in [6, 6.07) is 0. The Kier molecular flexibility index (Phi) is 29.9. The standard InChI is InChI=1S/C24H49.Ru/c1-3-5-7-9-11-13-15-17-19-21-23-24-22-20-18-16-14-12-10-8-6-4-2;/h1,3-24H2,2H3;/q-1;+1. The summed E-state index contributed by atoms with van der Waals surface area (Å²) in [4.78, 5) is 0. The zero-order valence-electron chi connectivity index (χ0n) is 17.6. The van der Waals surface area contributed by atoms with E-state index in [1.807, 2.05) is 0 Å². The number of rotatable bonds is 21. The number of hydrogen-bond acceptors (Lipinski definition) is 0. The largest absolute Gasteiger partial charge is 1.00 e. The van der Waals surface area contributed by atoms with Crippen LogP contribution in [-0.2, 0) is 19.5 Å². The predicted octanol–water partition coefficient (Wildman–Crippen LogP) is 9.42. The van der Waals surface area contributed by atoms with E-state index in [2.05, 4.69) is 13.8 Å². The van der Waals surface area contributed by atoms with Crippen molar-refractivity contribution in [3.8, 4) is 0 Å². The predicted molar refractivity (Wildman–Crippen MR) is 113 cm³/mol. The van der Waals surface area contributed by atoms with Crippen molar-refractivity contribution in [2.24, 2.45) is 0 Å². The molecule has 0 amide bonds. The van der Waals surface area contributed by atoms with Gasteiger partial charge in [0.2, 0.25) is 0 Å². The molecule has 0 N–H and O–H groups in total. The molecule has 0 atom stereocenters. The third-order valence-electron chi connectivity index (χ3n) is 5.35. The second-order valence-corrected chi connectivity index (χ2v) is 7.92. The first-order valence-corrected chi connectivity index (χ1v) is 11.7. The minimum atomic E-state index is 0. The molecule has 0 rings (SSSR count). The van der Waals surface area contributed by atoms with Gasteiger partial charge < -0.3 is 6.92 Å². The molecule has 0 aromatic rings. The molecule has 0 heterocycles. The van der Waals surface area contributed by atoms with E-state index >= 15 is 0 Å². The summed E-state index contributed by atoms with van der Waals surface area (Å²) in [5.74, 6) is 0. The van der Waals surface area contributed by atoms with Gasteiger partial charge in [-0.2, -0.15) is 6.42 Å². The van der Waals surface area contributed by atoms with Gasteiger partial charge in [0.05, 0.1) is 0 Å². The number of unbranched alkanes of at least 4 members (excludes halogenated alkanes) is 21. The summed E-state index contributed by atoms with van der Waals surface area (Å²) in [7, 11) is 0. The Balaban J connectivity index is 0. The van der Waals surface area contributed by atoms with Crippen LogP contribution in [0.1, 0.15) is 148 Å². The van der Waals surface area contributed by atoms with Gasteiger partial charge in [0.15, 0.2) is 0 Å². The summed E-state index contributed by atoms with van der Waals surface area (Å²) < 4.78 is 0. The fraction of sp³-hybridized carbons (Fsp3) is 0.958. The monoisotopic (exact) mass is 439 g/mol. The Bertz CT molecular complexity index is 180. The van der Waals surface area contributed by atoms with Gasteiger partial charge >= 0.3 is 19.5 Å². The van der Waals surface area contributed by atoms with E-state index in [-0.39, 0.29) is 19.5 Å². The fourth-order valence-corrected chi connectivity index (χ4v) is 3.61. The molecule has 0 saturated carbocycles. The first-order valence-electron chi connectivity index (χ1n) is 11.7. The van der Waals surface area contributed by atoms with Gasteiger partial charge in [0.1, 0.15) is 0 Å². The molecular weight excluding hydrogens is 389 g/mol. The van der Waals surface area contributed by atoms with Crippen LogP contribution in [0.4, 0.5) is 0 Å². The van der Waals surface area contributed by atoms with Crippen molar-refractivity contribution in [1.29, 1.82) is 0 Å². The summed E-state index contributed by atoms with van der Waals surface area (Å²) >= 11 is 0. The van der Waals surface area contributed by atoms with E-state index < -0.39 is 0 Å². The van der Waals surface area contributed by atoms with Crippen LogP contribution in [0.2, 0.25) is 0 Å². The summed E-state index contributed by atoms with van der Waals surface area (Å²) in [5.41, 5.74) is 0. The third kappa shape index (κ3) is 27.0. The molecule has 25 heavy (non-hydrogen) atoms. The Hall–Kier alpha value is 0.623. The van der Waals surface area contributed by atoms with E-state index in [0.29, 0.717) is 0 Å². The van der Waals surface area contributed by atoms with Gasteiger partial charge in [-0.15, -0.1) is 0 Å². The molecule has 0 aliphatic carbocycles. The van der Waals surface area contributed by atoms with Crippen LogP contribution in [0, 0.1) is 6.92 Å². The second-order valence-electron chi connectivity index (χ2n) is 7.92. The minimum absolute atomic E-state index is 0. The molecule has 0 aromatic carbocycles. The van der Waals surface area contributed by atoms with Crippen LogP contribution in [0.3, 0.4) is 0 Å². The van der Waals surface area contributed by atoms with Gasteiger partial charge in [0.25, 0.3) is 0 Å². The van der Waals surface area contributed by atoms with Gasteiger partial charge in [-0.1, -0.05) is 142 Å². The number of hydrogen-bond donors (Lipinski definition) is 0. The molecule has 0 saturated heterocycles. The van der Waals surface area contributed by atoms with E-state index in [4.69, 9.17) is 0 Å². The molecule has 0 aliphatic rings. The molecule has 1 heteroatoms. The normalized spacial score (nSPS) is 10.8. The molecule has 0 spiro atoms. The molecule has 0 unspecified atom stereocenters. The fourth-order valence-electron chi connectivity index (χ4n) is 3.61. The average molecular weight is 439 g/mol. The van der Waals surface area contributed by atoms with E-state index in [9.17, 15) is 0 Å². The van der Waals surface area contributed by atoms with Crippen LogP contribution in [-0.4, -0.2) is 0 Å². The van der Waals surface area contributed by atoms with Gasteiger partial charge in [0, 0.05) is 0 Å². The molecule has 1 radical (unpaired) electrons. The maximum absolute atomic E-state index is 3.91. The van der Waals surface area contributed by atoms with E-state index in [1.165, 1.54) is 135 Å². The Labute approximate surface area is 174 Å².